The summed E-state index contributed by atoms with van der Waals surface area (Å²) in [4.78, 5) is 8.71. The second-order valence-electron chi connectivity index (χ2n) is 3.90. The molecule has 2 N–H and O–H groups in total. The van der Waals surface area contributed by atoms with Gasteiger partial charge in [-0.05, 0) is 56.1 Å². The van der Waals surface area contributed by atoms with Crippen molar-refractivity contribution in [3.05, 3.63) is 43.9 Å². The average molecular weight is 447 g/mol. The summed E-state index contributed by atoms with van der Waals surface area (Å²) < 4.78 is 4.59. The standard InChI is InChI=1S/C12H7Br3N4/c13-6-1-2-10(8(15)3-6)19-11-9(18-12(19)16)4-7(14)5-17-11/h1-5H,(H2,16,18). The highest BCUT2D eigenvalue weighted by atomic mass is 79.9. The van der Waals surface area contributed by atoms with Crippen LogP contribution in [0.15, 0.2) is 43.9 Å². The first-order valence-electron chi connectivity index (χ1n) is 5.31. The number of fused-ring (bicyclic) bond motifs is 1. The highest BCUT2D eigenvalue weighted by molar-refractivity contribution is 9.11. The van der Waals surface area contributed by atoms with Crippen LogP contribution >= 0.6 is 47.8 Å². The van der Waals surface area contributed by atoms with E-state index in [0.717, 1.165) is 30.3 Å². The van der Waals surface area contributed by atoms with Gasteiger partial charge in [-0.25, -0.2) is 9.97 Å². The van der Waals surface area contributed by atoms with Gasteiger partial charge in [-0.3, -0.25) is 4.57 Å². The lowest BCUT2D eigenvalue weighted by atomic mass is 10.3. The molecule has 2 heterocycles. The van der Waals surface area contributed by atoms with Gasteiger partial charge in [0.05, 0.1) is 5.69 Å². The number of hydrogen-bond donors (Lipinski definition) is 1. The van der Waals surface area contributed by atoms with Crippen LogP contribution in [-0.4, -0.2) is 14.5 Å². The van der Waals surface area contributed by atoms with Crippen molar-refractivity contribution in [1.82, 2.24) is 14.5 Å². The molecule has 7 heteroatoms. The third-order valence-electron chi connectivity index (χ3n) is 2.64. The fraction of sp³-hybridized carbons (Fsp3) is 0. The molecule has 19 heavy (non-hydrogen) atoms. The number of rotatable bonds is 1. The summed E-state index contributed by atoms with van der Waals surface area (Å²) in [6.45, 7) is 0. The van der Waals surface area contributed by atoms with Crippen LogP contribution in [0.25, 0.3) is 16.9 Å². The number of nitrogen functional groups attached to an aromatic ring is 1. The first-order chi connectivity index (χ1) is 9.06. The highest BCUT2D eigenvalue weighted by Gasteiger charge is 2.13. The predicted molar refractivity (Wildman–Crippen MR) is 86.4 cm³/mol. The SMILES string of the molecule is Nc1nc2cc(Br)cnc2n1-c1ccc(Br)cc1Br. The van der Waals surface area contributed by atoms with Crippen molar-refractivity contribution in [2.24, 2.45) is 0 Å². The molecule has 4 nitrogen and oxygen atoms in total. The van der Waals surface area contributed by atoms with Gasteiger partial charge in [-0.2, -0.15) is 0 Å². The van der Waals surface area contributed by atoms with Gasteiger partial charge >= 0.3 is 0 Å². The van der Waals surface area contributed by atoms with Gasteiger partial charge in [0.1, 0.15) is 5.52 Å². The predicted octanol–water partition coefficient (Wildman–Crippen LogP) is 4.29. The van der Waals surface area contributed by atoms with E-state index in [2.05, 4.69) is 57.8 Å². The van der Waals surface area contributed by atoms with Crippen LogP contribution in [0.2, 0.25) is 0 Å². The molecule has 1 aromatic carbocycles. The molecule has 0 spiro atoms. The smallest absolute Gasteiger partial charge is 0.207 e. The average Bonchev–Trinajstić information content (AvgIpc) is 2.65. The molecule has 0 bridgehead atoms. The molecule has 0 amide bonds. The molecule has 96 valence electrons. The third-order valence-corrected chi connectivity index (χ3v) is 4.20. The number of imidazole rings is 1. The van der Waals surface area contributed by atoms with Crippen LogP contribution < -0.4 is 5.73 Å². The fourth-order valence-corrected chi connectivity index (χ4v) is 3.40. The van der Waals surface area contributed by atoms with Crippen molar-refractivity contribution in [3.63, 3.8) is 0 Å². The minimum absolute atomic E-state index is 0.406. The molecule has 3 aromatic rings. The maximum absolute atomic E-state index is 6.01. The summed E-state index contributed by atoms with van der Waals surface area (Å²) in [6, 6.07) is 7.75. The van der Waals surface area contributed by atoms with E-state index < -0.39 is 0 Å². The monoisotopic (exact) mass is 444 g/mol. The van der Waals surface area contributed by atoms with Gasteiger partial charge in [0.2, 0.25) is 5.95 Å². The summed E-state index contributed by atoms with van der Waals surface area (Å²) in [6.07, 6.45) is 1.73. The van der Waals surface area contributed by atoms with Gasteiger partial charge in [0.15, 0.2) is 5.65 Å². The zero-order valence-corrected chi connectivity index (χ0v) is 14.2. The lowest BCUT2D eigenvalue weighted by Gasteiger charge is -2.08. The quantitative estimate of drug-likeness (QED) is 0.606. The molecule has 0 saturated heterocycles. The Labute approximate surface area is 134 Å². The van der Waals surface area contributed by atoms with E-state index in [4.69, 9.17) is 5.73 Å². The molecule has 0 radical (unpaired) electrons. The van der Waals surface area contributed by atoms with Crippen LogP contribution in [0, 0.1) is 0 Å². The van der Waals surface area contributed by atoms with Crippen LogP contribution in [-0.2, 0) is 0 Å². The van der Waals surface area contributed by atoms with E-state index in [1.165, 1.54) is 0 Å². The van der Waals surface area contributed by atoms with Crippen LogP contribution in [0.3, 0.4) is 0 Å². The van der Waals surface area contributed by atoms with Crippen molar-refractivity contribution < 1.29 is 0 Å². The van der Waals surface area contributed by atoms with E-state index >= 15 is 0 Å². The van der Waals surface area contributed by atoms with E-state index in [0.29, 0.717) is 5.95 Å². The second kappa shape index (κ2) is 4.88. The summed E-state index contributed by atoms with van der Waals surface area (Å²) >= 11 is 10.3. The molecule has 0 saturated carbocycles. The number of halogens is 3. The normalized spacial score (nSPS) is 11.1. The molecule has 3 rings (SSSR count). The van der Waals surface area contributed by atoms with Crippen molar-refractivity contribution in [1.29, 1.82) is 0 Å². The lowest BCUT2D eigenvalue weighted by Crippen LogP contribution is -2.02. The number of hydrogen-bond acceptors (Lipinski definition) is 3. The molecule has 0 atom stereocenters. The summed E-state index contributed by atoms with van der Waals surface area (Å²) in [5, 5.41) is 0. The Morgan fingerprint density at radius 3 is 2.58 bits per heavy atom. The molecule has 0 fully saturated rings. The zero-order valence-electron chi connectivity index (χ0n) is 9.44. The number of aromatic nitrogens is 3. The Balaban J connectivity index is 2.33. The maximum Gasteiger partial charge on any atom is 0.207 e. The van der Waals surface area contributed by atoms with Gasteiger partial charge in [-0.1, -0.05) is 15.9 Å². The van der Waals surface area contributed by atoms with Gasteiger partial charge in [-0.15, -0.1) is 0 Å². The van der Waals surface area contributed by atoms with Crippen LogP contribution in [0.5, 0.6) is 0 Å². The first-order valence-corrected chi connectivity index (χ1v) is 7.69. The Morgan fingerprint density at radius 1 is 1.05 bits per heavy atom. The number of benzene rings is 1. The molecule has 0 aliphatic rings. The first kappa shape index (κ1) is 13.1. The van der Waals surface area contributed by atoms with E-state index in [1.807, 2.05) is 28.8 Å². The van der Waals surface area contributed by atoms with Crippen molar-refractivity contribution >= 4 is 64.9 Å². The third kappa shape index (κ3) is 2.30. The number of pyridine rings is 1. The number of anilines is 1. The topological polar surface area (TPSA) is 56.7 Å². The number of nitrogens with zero attached hydrogens (tertiary/aromatic N) is 3. The lowest BCUT2D eigenvalue weighted by molar-refractivity contribution is 1.07. The molecule has 0 unspecified atom stereocenters. The molecule has 0 aliphatic heterocycles. The van der Waals surface area contributed by atoms with Crippen LogP contribution in [0.4, 0.5) is 5.95 Å². The van der Waals surface area contributed by atoms with Crippen molar-refractivity contribution in [2.75, 3.05) is 5.73 Å². The van der Waals surface area contributed by atoms with Crippen molar-refractivity contribution in [2.45, 2.75) is 0 Å². The summed E-state index contributed by atoms with van der Waals surface area (Å²) in [5.74, 6) is 0.406. The fourth-order valence-electron chi connectivity index (χ4n) is 1.86. The van der Waals surface area contributed by atoms with Gasteiger partial charge in [0, 0.05) is 19.6 Å². The Morgan fingerprint density at radius 2 is 1.84 bits per heavy atom. The summed E-state index contributed by atoms with van der Waals surface area (Å²) in [5.41, 5.74) is 8.38. The second-order valence-corrected chi connectivity index (χ2v) is 6.58. The summed E-state index contributed by atoms with van der Waals surface area (Å²) in [7, 11) is 0. The van der Waals surface area contributed by atoms with E-state index in [9.17, 15) is 0 Å². The largest absolute Gasteiger partial charge is 0.369 e. The van der Waals surface area contributed by atoms with Crippen molar-refractivity contribution in [3.8, 4) is 5.69 Å². The molecular formula is C12H7Br3N4. The minimum Gasteiger partial charge on any atom is -0.369 e. The van der Waals surface area contributed by atoms with E-state index in [1.54, 1.807) is 6.20 Å². The van der Waals surface area contributed by atoms with E-state index in [-0.39, 0.29) is 0 Å². The molecule has 2 aromatic heterocycles. The van der Waals surface area contributed by atoms with Gasteiger partial charge in [0.25, 0.3) is 0 Å². The minimum atomic E-state index is 0.406. The maximum atomic E-state index is 6.01. The Hall–Kier alpha value is -0.920. The molecular weight excluding hydrogens is 440 g/mol. The zero-order chi connectivity index (χ0) is 13.6. The van der Waals surface area contributed by atoms with Gasteiger partial charge < -0.3 is 5.73 Å². The molecule has 0 aliphatic carbocycles. The Bertz CT molecular complexity index is 782. The number of nitrogens with two attached hydrogens (primary N) is 1. The highest BCUT2D eigenvalue weighted by Crippen LogP contribution is 2.30. The van der Waals surface area contributed by atoms with Crippen LogP contribution in [0.1, 0.15) is 0 Å². The Kier molecular flexibility index (Phi) is 3.36.